The summed E-state index contributed by atoms with van der Waals surface area (Å²) < 4.78 is 36.9. The summed E-state index contributed by atoms with van der Waals surface area (Å²) in [4.78, 5) is 27.4. The van der Waals surface area contributed by atoms with Crippen molar-refractivity contribution in [2.45, 2.75) is 45.7 Å². The minimum absolute atomic E-state index is 0.0907. The van der Waals surface area contributed by atoms with Gasteiger partial charge < -0.3 is 19.7 Å². The molecule has 190 valence electrons. The van der Waals surface area contributed by atoms with Crippen LogP contribution in [0.25, 0.3) is 0 Å². The van der Waals surface area contributed by atoms with Gasteiger partial charge in [-0.05, 0) is 37.5 Å². The minimum atomic E-state index is -3.59. The van der Waals surface area contributed by atoms with Crippen LogP contribution in [0.1, 0.15) is 38.7 Å². The van der Waals surface area contributed by atoms with Crippen LogP contribution in [0, 0.1) is 0 Å². The largest absolute Gasteiger partial charge is 0.454 e. The van der Waals surface area contributed by atoms with E-state index < -0.39 is 16.1 Å². The van der Waals surface area contributed by atoms with E-state index in [0.29, 0.717) is 30.3 Å². The fraction of sp³-hybridized carbons (Fsp3) is 0.440. The van der Waals surface area contributed by atoms with Crippen molar-refractivity contribution in [1.29, 1.82) is 0 Å². The molecule has 0 radical (unpaired) electrons. The zero-order valence-electron chi connectivity index (χ0n) is 20.4. The summed E-state index contributed by atoms with van der Waals surface area (Å²) in [5, 5.41) is 2.85. The fourth-order valence-electron chi connectivity index (χ4n) is 3.80. The number of hydrogen-bond donors (Lipinski definition) is 1. The van der Waals surface area contributed by atoms with Crippen LogP contribution in [0.15, 0.2) is 48.5 Å². The SMILES string of the molecule is CCCNC(=O)[C@@H](C)N(Cc1ccccc1)C(=O)CCCN(c1ccc2c(c1)OCO2)S(C)(=O)=O. The summed E-state index contributed by atoms with van der Waals surface area (Å²) in [6, 6.07) is 13.7. The van der Waals surface area contributed by atoms with Crippen molar-refractivity contribution >= 4 is 27.5 Å². The van der Waals surface area contributed by atoms with Crippen molar-refractivity contribution in [3.8, 4) is 11.5 Å². The van der Waals surface area contributed by atoms with Crippen molar-refractivity contribution in [3.63, 3.8) is 0 Å². The molecular weight excluding hydrogens is 470 g/mol. The molecule has 1 aliphatic rings. The maximum absolute atomic E-state index is 13.2. The van der Waals surface area contributed by atoms with Crippen LogP contribution in [0.4, 0.5) is 5.69 Å². The van der Waals surface area contributed by atoms with Crippen molar-refractivity contribution in [1.82, 2.24) is 10.2 Å². The van der Waals surface area contributed by atoms with Crippen molar-refractivity contribution in [3.05, 3.63) is 54.1 Å². The number of ether oxygens (including phenoxy) is 2. The highest BCUT2D eigenvalue weighted by Gasteiger charge is 2.27. The van der Waals surface area contributed by atoms with E-state index in [1.807, 2.05) is 37.3 Å². The van der Waals surface area contributed by atoms with E-state index in [-0.39, 0.29) is 38.0 Å². The van der Waals surface area contributed by atoms with Gasteiger partial charge in [0.05, 0.1) is 11.9 Å². The Kier molecular flexibility index (Phi) is 8.97. The standard InChI is InChI=1S/C25H33N3O6S/c1-4-14-26-25(30)19(2)27(17-20-9-6-5-7-10-20)24(29)11-8-15-28(35(3,31)32)21-12-13-22-23(16-21)34-18-33-22/h5-7,9-10,12-13,16,19H,4,8,11,14-15,17-18H2,1-3H3,(H,26,30)/t19-/m1/s1. The van der Waals surface area contributed by atoms with Crippen LogP contribution in [0.2, 0.25) is 0 Å². The number of sulfonamides is 1. The molecule has 0 aromatic heterocycles. The van der Waals surface area contributed by atoms with Gasteiger partial charge in [0.25, 0.3) is 0 Å². The molecule has 0 bridgehead atoms. The Hall–Kier alpha value is -3.27. The number of nitrogens with one attached hydrogen (secondary N) is 1. The van der Waals surface area contributed by atoms with E-state index >= 15 is 0 Å². The van der Waals surface area contributed by atoms with Gasteiger partial charge in [0.2, 0.25) is 28.6 Å². The van der Waals surface area contributed by atoms with Gasteiger partial charge in [0.15, 0.2) is 11.5 Å². The third-order valence-corrected chi connectivity index (χ3v) is 6.90. The lowest BCUT2D eigenvalue weighted by Crippen LogP contribution is -2.47. The maximum atomic E-state index is 13.2. The average Bonchev–Trinajstić information content (AvgIpc) is 3.31. The molecule has 35 heavy (non-hydrogen) atoms. The number of rotatable bonds is 12. The number of amides is 2. The molecule has 2 aromatic rings. The number of hydrogen-bond acceptors (Lipinski definition) is 6. The molecule has 0 spiro atoms. The molecular formula is C25H33N3O6S. The number of benzene rings is 2. The van der Waals surface area contributed by atoms with Gasteiger partial charge in [0, 0.05) is 32.1 Å². The van der Waals surface area contributed by atoms with E-state index in [9.17, 15) is 18.0 Å². The normalized spacial score (nSPS) is 13.2. The van der Waals surface area contributed by atoms with Gasteiger partial charge in [-0.2, -0.15) is 0 Å². The highest BCUT2D eigenvalue weighted by molar-refractivity contribution is 7.92. The number of carbonyl (C=O) groups excluding carboxylic acids is 2. The summed E-state index contributed by atoms with van der Waals surface area (Å²) in [7, 11) is -3.59. The zero-order valence-corrected chi connectivity index (χ0v) is 21.2. The predicted molar refractivity (Wildman–Crippen MR) is 134 cm³/mol. The lowest BCUT2D eigenvalue weighted by atomic mass is 10.1. The molecule has 0 saturated heterocycles. The van der Waals surface area contributed by atoms with Gasteiger partial charge >= 0.3 is 0 Å². The van der Waals surface area contributed by atoms with Gasteiger partial charge in [-0.15, -0.1) is 0 Å². The van der Waals surface area contributed by atoms with E-state index in [2.05, 4.69) is 5.32 Å². The molecule has 2 aromatic carbocycles. The molecule has 0 saturated carbocycles. The van der Waals surface area contributed by atoms with Crippen LogP contribution in [-0.2, 0) is 26.2 Å². The molecule has 1 N–H and O–H groups in total. The molecule has 9 nitrogen and oxygen atoms in total. The van der Waals surface area contributed by atoms with E-state index in [0.717, 1.165) is 18.2 Å². The first-order valence-electron chi connectivity index (χ1n) is 11.7. The molecule has 3 rings (SSSR count). The van der Waals surface area contributed by atoms with Crippen LogP contribution in [0.3, 0.4) is 0 Å². The Bertz CT molecular complexity index is 1120. The van der Waals surface area contributed by atoms with Crippen molar-refractivity contribution < 1.29 is 27.5 Å². The average molecular weight is 504 g/mol. The Morgan fingerprint density at radius 3 is 2.49 bits per heavy atom. The third kappa shape index (κ3) is 7.11. The van der Waals surface area contributed by atoms with Crippen LogP contribution in [-0.4, -0.2) is 57.3 Å². The maximum Gasteiger partial charge on any atom is 0.242 e. The highest BCUT2D eigenvalue weighted by Crippen LogP contribution is 2.36. The Balaban J connectivity index is 1.70. The molecule has 0 aliphatic carbocycles. The topological polar surface area (TPSA) is 105 Å². The zero-order chi connectivity index (χ0) is 25.4. The number of fused-ring (bicyclic) bond motifs is 1. The van der Waals surface area contributed by atoms with E-state index in [1.165, 1.54) is 4.31 Å². The Labute approximate surface area is 207 Å². The van der Waals surface area contributed by atoms with Gasteiger partial charge in [-0.25, -0.2) is 8.42 Å². The van der Waals surface area contributed by atoms with Crippen LogP contribution >= 0.6 is 0 Å². The van der Waals surface area contributed by atoms with Gasteiger partial charge in [0.1, 0.15) is 6.04 Å². The number of anilines is 1. The summed E-state index contributed by atoms with van der Waals surface area (Å²) in [5.74, 6) is 0.610. The smallest absolute Gasteiger partial charge is 0.242 e. The lowest BCUT2D eigenvalue weighted by molar-refractivity contribution is -0.140. The lowest BCUT2D eigenvalue weighted by Gasteiger charge is -2.29. The second-order valence-electron chi connectivity index (χ2n) is 8.45. The molecule has 0 unspecified atom stereocenters. The summed E-state index contributed by atoms with van der Waals surface area (Å²) >= 11 is 0. The third-order valence-electron chi connectivity index (χ3n) is 5.71. The summed E-state index contributed by atoms with van der Waals surface area (Å²) in [6.45, 7) is 4.70. The van der Waals surface area contributed by atoms with E-state index in [4.69, 9.17) is 9.47 Å². The Morgan fingerprint density at radius 1 is 1.09 bits per heavy atom. The van der Waals surface area contributed by atoms with Crippen LogP contribution < -0.4 is 19.1 Å². The first-order chi connectivity index (χ1) is 16.7. The van der Waals surface area contributed by atoms with Gasteiger partial charge in [-0.1, -0.05) is 37.3 Å². The quantitative estimate of drug-likeness (QED) is 0.478. The fourth-order valence-corrected chi connectivity index (χ4v) is 4.76. The number of nitrogens with zero attached hydrogens (tertiary/aromatic N) is 2. The first-order valence-corrected chi connectivity index (χ1v) is 13.5. The Morgan fingerprint density at radius 2 is 1.80 bits per heavy atom. The molecule has 10 heteroatoms. The molecule has 2 amide bonds. The second-order valence-corrected chi connectivity index (χ2v) is 10.4. The second kappa shape index (κ2) is 11.9. The number of carbonyl (C=O) groups is 2. The molecule has 1 aliphatic heterocycles. The van der Waals surface area contributed by atoms with Gasteiger partial charge in [-0.3, -0.25) is 13.9 Å². The van der Waals surface area contributed by atoms with E-state index in [1.54, 1.807) is 30.0 Å². The van der Waals surface area contributed by atoms with Crippen molar-refractivity contribution in [2.75, 3.05) is 30.4 Å². The summed E-state index contributed by atoms with van der Waals surface area (Å²) in [6.07, 6.45) is 2.30. The molecule has 0 fully saturated rings. The monoisotopic (exact) mass is 503 g/mol. The predicted octanol–water partition coefficient (Wildman–Crippen LogP) is 2.91. The summed E-state index contributed by atoms with van der Waals surface area (Å²) in [5.41, 5.74) is 1.35. The van der Waals surface area contributed by atoms with Crippen LogP contribution in [0.5, 0.6) is 11.5 Å². The molecule has 1 heterocycles. The first kappa shape index (κ1) is 26.3. The molecule has 1 atom stereocenters. The van der Waals surface area contributed by atoms with Crippen molar-refractivity contribution in [2.24, 2.45) is 0 Å². The highest BCUT2D eigenvalue weighted by atomic mass is 32.2. The minimum Gasteiger partial charge on any atom is -0.454 e.